The molecule has 1 atom stereocenters. The quantitative estimate of drug-likeness (QED) is 0.332. The maximum absolute atomic E-state index is 5.78. The zero-order valence-corrected chi connectivity index (χ0v) is 17.8. The Kier molecular flexibility index (Phi) is 11.3. The van der Waals surface area contributed by atoms with Gasteiger partial charge in [-0.2, -0.15) is 0 Å². The van der Waals surface area contributed by atoms with Crippen LogP contribution in [0.25, 0.3) is 0 Å². The molecule has 6 heteroatoms. The van der Waals surface area contributed by atoms with Gasteiger partial charge in [0.05, 0.1) is 20.3 Å². The van der Waals surface area contributed by atoms with Gasteiger partial charge in [0.25, 0.3) is 0 Å². The van der Waals surface area contributed by atoms with Gasteiger partial charge in [-0.1, -0.05) is 19.9 Å². The van der Waals surface area contributed by atoms with Crippen LogP contribution < -0.4 is 20.1 Å². The summed E-state index contributed by atoms with van der Waals surface area (Å²) in [5.41, 5.74) is 1.23. The normalized spacial score (nSPS) is 12.8. The van der Waals surface area contributed by atoms with Crippen LogP contribution in [0, 0.1) is 5.92 Å². The van der Waals surface area contributed by atoms with Gasteiger partial charge in [0.15, 0.2) is 17.5 Å². The van der Waals surface area contributed by atoms with Gasteiger partial charge in [-0.15, -0.1) is 0 Å². The van der Waals surface area contributed by atoms with Crippen LogP contribution in [0.3, 0.4) is 0 Å². The minimum atomic E-state index is 0.283. The Hall–Kier alpha value is -1.95. The lowest BCUT2D eigenvalue weighted by molar-refractivity contribution is 0.0258. The molecule has 0 heterocycles. The second-order valence-electron chi connectivity index (χ2n) is 6.75. The van der Waals surface area contributed by atoms with E-state index in [0.29, 0.717) is 5.92 Å². The summed E-state index contributed by atoms with van der Waals surface area (Å²) in [5, 5.41) is 6.74. The summed E-state index contributed by atoms with van der Waals surface area (Å²) in [6.07, 6.45) is 3.22. The number of aliphatic imine (C=N–C) groups is 1. The van der Waals surface area contributed by atoms with Crippen molar-refractivity contribution >= 4 is 5.96 Å². The van der Waals surface area contributed by atoms with Gasteiger partial charge in [-0.25, -0.2) is 0 Å². The third kappa shape index (κ3) is 8.52. The number of guanidine groups is 1. The van der Waals surface area contributed by atoms with E-state index in [1.165, 1.54) is 5.56 Å². The van der Waals surface area contributed by atoms with Gasteiger partial charge in [-0.05, 0) is 49.8 Å². The summed E-state index contributed by atoms with van der Waals surface area (Å²) >= 11 is 0. The smallest absolute Gasteiger partial charge is 0.190 e. The van der Waals surface area contributed by atoms with Crippen LogP contribution in [0.1, 0.15) is 39.2 Å². The molecule has 1 rings (SSSR count). The molecule has 1 unspecified atom stereocenters. The van der Waals surface area contributed by atoms with Gasteiger partial charge in [0, 0.05) is 26.7 Å². The highest BCUT2D eigenvalue weighted by Crippen LogP contribution is 2.27. The van der Waals surface area contributed by atoms with Gasteiger partial charge in [0.2, 0.25) is 0 Å². The number of ether oxygens (including phenoxy) is 3. The van der Waals surface area contributed by atoms with Crippen molar-refractivity contribution in [2.24, 2.45) is 10.9 Å². The average molecular weight is 380 g/mol. The van der Waals surface area contributed by atoms with E-state index in [4.69, 9.17) is 14.2 Å². The molecule has 0 aromatic heterocycles. The first-order valence-corrected chi connectivity index (χ1v) is 9.82. The first-order valence-electron chi connectivity index (χ1n) is 9.82. The first-order chi connectivity index (χ1) is 13.0. The van der Waals surface area contributed by atoms with Crippen LogP contribution in [-0.4, -0.2) is 53.0 Å². The summed E-state index contributed by atoms with van der Waals surface area (Å²) in [4.78, 5) is 4.29. The van der Waals surface area contributed by atoms with Crippen molar-refractivity contribution < 1.29 is 14.2 Å². The number of hydrogen-bond acceptors (Lipinski definition) is 4. The topological polar surface area (TPSA) is 64.1 Å². The van der Waals surface area contributed by atoms with E-state index in [9.17, 15) is 0 Å². The third-order valence-corrected chi connectivity index (χ3v) is 4.45. The maximum atomic E-state index is 5.78. The molecule has 6 nitrogen and oxygen atoms in total. The molecule has 0 bridgehead atoms. The second-order valence-corrected chi connectivity index (χ2v) is 6.75. The Bertz CT molecular complexity index is 562. The number of methoxy groups -OCH3 is 2. The van der Waals surface area contributed by atoms with Crippen molar-refractivity contribution in [3.05, 3.63) is 23.8 Å². The monoisotopic (exact) mass is 379 g/mol. The second kappa shape index (κ2) is 13.3. The molecule has 1 aromatic rings. The largest absolute Gasteiger partial charge is 0.493 e. The molecule has 0 amide bonds. The number of nitrogens with zero attached hydrogens (tertiary/aromatic N) is 1. The molecular formula is C21H37N3O3. The first kappa shape index (κ1) is 23.1. The fourth-order valence-electron chi connectivity index (χ4n) is 2.91. The molecule has 0 radical (unpaired) electrons. The summed E-state index contributed by atoms with van der Waals surface area (Å²) in [6.45, 7) is 8.89. The van der Waals surface area contributed by atoms with Crippen molar-refractivity contribution in [2.45, 2.75) is 46.1 Å². The van der Waals surface area contributed by atoms with Gasteiger partial charge >= 0.3 is 0 Å². The Morgan fingerprint density at radius 2 is 1.78 bits per heavy atom. The van der Waals surface area contributed by atoms with Crippen molar-refractivity contribution in [1.82, 2.24) is 10.6 Å². The highest BCUT2D eigenvalue weighted by molar-refractivity contribution is 5.79. The van der Waals surface area contributed by atoms with Crippen LogP contribution in [0.5, 0.6) is 11.5 Å². The molecule has 0 aliphatic heterocycles. The average Bonchev–Trinajstić information content (AvgIpc) is 2.68. The van der Waals surface area contributed by atoms with Crippen LogP contribution in [0.15, 0.2) is 23.2 Å². The summed E-state index contributed by atoms with van der Waals surface area (Å²) in [5.74, 6) is 2.88. The highest BCUT2D eigenvalue weighted by atomic mass is 16.5. The van der Waals surface area contributed by atoms with Crippen molar-refractivity contribution in [3.63, 3.8) is 0 Å². The van der Waals surface area contributed by atoms with E-state index in [0.717, 1.165) is 56.4 Å². The fourth-order valence-corrected chi connectivity index (χ4v) is 2.91. The molecule has 0 aliphatic rings. The minimum Gasteiger partial charge on any atom is -0.493 e. The zero-order chi connectivity index (χ0) is 20.1. The van der Waals surface area contributed by atoms with Crippen LogP contribution in [-0.2, 0) is 11.2 Å². The Morgan fingerprint density at radius 1 is 1.07 bits per heavy atom. The SMILES string of the molecule is CCOC(CCNC(=NC)NCCCc1ccc(OC)c(OC)c1)C(C)C. The predicted octanol–water partition coefficient (Wildman–Crippen LogP) is 3.25. The third-order valence-electron chi connectivity index (χ3n) is 4.45. The number of nitrogens with one attached hydrogen (secondary N) is 2. The number of aryl methyl sites for hydroxylation is 1. The molecule has 0 aliphatic carbocycles. The number of hydrogen-bond donors (Lipinski definition) is 2. The maximum Gasteiger partial charge on any atom is 0.190 e. The molecule has 1 aromatic carbocycles. The van der Waals surface area contributed by atoms with Gasteiger partial charge < -0.3 is 24.8 Å². The zero-order valence-electron chi connectivity index (χ0n) is 17.8. The number of rotatable bonds is 12. The van der Waals surface area contributed by atoms with Gasteiger partial charge in [0.1, 0.15) is 0 Å². The molecule has 2 N–H and O–H groups in total. The summed E-state index contributed by atoms with van der Waals surface area (Å²) < 4.78 is 16.4. The molecule has 27 heavy (non-hydrogen) atoms. The van der Waals surface area contributed by atoms with E-state index < -0.39 is 0 Å². The van der Waals surface area contributed by atoms with E-state index in [1.54, 1.807) is 21.3 Å². The van der Waals surface area contributed by atoms with Crippen molar-refractivity contribution in [3.8, 4) is 11.5 Å². The molecule has 0 fully saturated rings. The van der Waals surface area contributed by atoms with Crippen molar-refractivity contribution in [1.29, 1.82) is 0 Å². The molecular weight excluding hydrogens is 342 g/mol. The molecule has 154 valence electrons. The summed E-state index contributed by atoms with van der Waals surface area (Å²) in [7, 11) is 5.11. The Balaban J connectivity index is 2.33. The fraction of sp³-hybridized carbons (Fsp3) is 0.667. The highest BCUT2D eigenvalue weighted by Gasteiger charge is 2.13. The van der Waals surface area contributed by atoms with Crippen molar-refractivity contribution in [2.75, 3.05) is 41.0 Å². The lowest BCUT2D eigenvalue weighted by Gasteiger charge is -2.21. The standard InChI is InChI=1S/C21H37N3O3/c1-7-27-18(16(2)3)12-14-24-21(22-4)23-13-8-9-17-10-11-19(25-5)20(15-17)26-6/h10-11,15-16,18H,7-9,12-14H2,1-6H3,(H2,22,23,24). The molecule has 0 saturated carbocycles. The lowest BCUT2D eigenvalue weighted by atomic mass is 10.0. The van der Waals surface area contributed by atoms with Crippen LogP contribution >= 0.6 is 0 Å². The van der Waals surface area contributed by atoms with Crippen LogP contribution in [0.4, 0.5) is 0 Å². The van der Waals surface area contributed by atoms with E-state index in [-0.39, 0.29) is 6.10 Å². The van der Waals surface area contributed by atoms with Crippen LogP contribution in [0.2, 0.25) is 0 Å². The molecule has 0 saturated heterocycles. The predicted molar refractivity (Wildman–Crippen MR) is 112 cm³/mol. The summed E-state index contributed by atoms with van der Waals surface area (Å²) in [6, 6.07) is 6.06. The lowest BCUT2D eigenvalue weighted by Crippen LogP contribution is -2.39. The van der Waals surface area contributed by atoms with E-state index >= 15 is 0 Å². The minimum absolute atomic E-state index is 0.283. The Morgan fingerprint density at radius 3 is 2.37 bits per heavy atom. The molecule has 0 spiro atoms. The Labute approximate surface area is 164 Å². The van der Waals surface area contributed by atoms with E-state index in [1.807, 2.05) is 19.1 Å². The van der Waals surface area contributed by atoms with E-state index in [2.05, 4.69) is 35.5 Å². The van der Waals surface area contributed by atoms with Gasteiger partial charge in [-0.3, -0.25) is 4.99 Å². The number of benzene rings is 1.